The zero-order chi connectivity index (χ0) is 25.5. The van der Waals surface area contributed by atoms with Crippen LogP contribution in [-0.4, -0.2) is 22.9 Å². The largest absolute Gasteiger partial charge is 0.392 e. The van der Waals surface area contributed by atoms with Gasteiger partial charge in [-0.15, -0.1) is 11.8 Å². The van der Waals surface area contributed by atoms with Gasteiger partial charge in [0, 0.05) is 33.9 Å². The molecule has 0 unspecified atom stereocenters. The highest BCUT2D eigenvalue weighted by Gasteiger charge is 2.32. The van der Waals surface area contributed by atoms with Crippen LogP contribution in [0.3, 0.4) is 0 Å². The van der Waals surface area contributed by atoms with Crippen LogP contribution in [-0.2, 0) is 16.1 Å². The minimum Gasteiger partial charge on any atom is -0.392 e. The van der Waals surface area contributed by atoms with Crippen molar-refractivity contribution >= 4 is 23.4 Å². The molecule has 4 aromatic rings. The normalized spacial score (nSPS) is 19.3. The summed E-state index contributed by atoms with van der Waals surface area (Å²) in [6.07, 6.45) is -0.0464. The first kappa shape index (κ1) is 25.2. The molecule has 5 rings (SSSR count). The van der Waals surface area contributed by atoms with Gasteiger partial charge in [0.2, 0.25) is 0 Å². The number of hydrogen-bond donors (Lipinski definition) is 2. The van der Waals surface area contributed by atoms with Crippen molar-refractivity contribution < 1.29 is 19.4 Å². The quantitative estimate of drug-likeness (QED) is 0.256. The standard InChI is InChI=1S/C31H29NO4S/c33-20-22-14-16-23(17-15-22)29-19-27(21-37-28-12-5-2-6-13-28)35-31(36-29)25-10-7-11-26(18-25)32-30(34)24-8-3-1-4-9-24/h1-18,27,29,31,33H,19-21H2,(H,32,34)/t27-,29+,31+/m1/s1. The zero-order valence-electron chi connectivity index (χ0n) is 20.3. The Labute approximate surface area is 221 Å². The maximum absolute atomic E-state index is 12.7. The Morgan fingerprint density at radius 2 is 1.57 bits per heavy atom. The van der Waals surface area contributed by atoms with Gasteiger partial charge >= 0.3 is 0 Å². The highest BCUT2D eigenvalue weighted by molar-refractivity contribution is 7.99. The van der Waals surface area contributed by atoms with Crippen LogP contribution in [0, 0.1) is 0 Å². The second-order valence-corrected chi connectivity index (χ2v) is 10.0. The zero-order valence-corrected chi connectivity index (χ0v) is 21.1. The SMILES string of the molecule is O=C(Nc1cccc([C@H]2O[C@@H](CSc3ccccc3)C[C@@H](c3ccc(CO)cc3)O2)c1)c1ccccc1. The lowest BCUT2D eigenvalue weighted by atomic mass is 10.0. The molecule has 0 radical (unpaired) electrons. The summed E-state index contributed by atoms with van der Waals surface area (Å²) in [5.41, 5.74) is 4.04. The van der Waals surface area contributed by atoms with Gasteiger partial charge in [-0.2, -0.15) is 0 Å². The molecule has 0 bridgehead atoms. The fourth-order valence-electron chi connectivity index (χ4n) is 4.28. The van der Waals surface area contributed by atoms with Gasteiger partial charge in [-0.25, -0.2) is 0 Å². The summed E-state index contributed by atoms with van der Waals surface area (Å²) < 4.78 is 12.9. The summed E-state index contributed by atoms with van der Waals surface area (Å²) >= 11 is 1.77. The van der Waals surface area contributed by atoms with Crippen LogP contribution in [0.2, 0.25) is 0 Å². The summed E-state index contributed by atoms with van der Waals surface area (Å²) in [5, 5.41) is 12.4. The predicted molar refractivity (Wildman–Crippen MR) is 146 cm³/mol. The van der Waals surface area contributed by atoms with E-state index in [1.54, 1.807) is 23.9 Å². The maximum Gasteiger partial charge on any atom is 0.255 e. The fourth-order valence-corrected chi connectivity index (χ4v) is 5.23. The van der Waals surface area contributed by atoms with E-state index in [2.05, 4.69) is 17.4 Å². The van der Waals surface area contributed by atoms with E-state index >= 15 is 0 Å². The van der Waals surface area contributed by atoms with Gasteiger partial charge in [-0.3, -0.25) is 4.79 Å². The Bertz CT molecular complexity index is 1300. The first-order valence-electron chi connectivity index (χ1n) is 12.3. The van der Waals surface area contributed by atoms with Gasteiger partial charge in [0.15, 0.2) is 6.29 Å². The van der Waals surface area contributed by atoms with Gasteiger partial charge in [-0.05, 0) is 47.5 Å². The molecule has 5 nitrogen and oxygen atoms in total. The van der Waals surface area contributed by atoms with Crippen LogP contribution >= 0.6 is 11.8 Å². The summed E-state index contributed by atoms with van der Waals surface area (Å²) in [7, 11) is 0. The number of carbonyl (C=O) groups excluding carboxylic acids is 1. The number of anilines is 1. The predicted octanol–water partition coefficient (Wildman–Crippen LogP) is 6.77. The molecule has 1 amide bonds. The molecule has 0 spiro atoms. The molecule has 4 aromatic carbocycles. The van der Waals surface area contributed by atoms with E-state index in [0.29, 0.717) is 11.3 Å². The molecule has 0 aliphatic carbocycles. The second-order valence-electron chi connectivity index (χ2n) is 8.92. The van der Waals surface area contributed by atoms with Crippen molar-refractivity contribution in [2.24, 2.45) is 0 Å². The number of ether oxygens (including phenoxy) is 2. The lowest BCUT2D eigenvalue weighted by Crippen LogP contribution is -2.31. The van der Waals surface area contributed by atoms with Gasteiger partial charge in [0.1, 0.15) is 0 Å². The summed E-state index contributed by atoms with van der Waals surface area (Å²) in [6.45, 7) is 0.00930. The Hall–Kier alpha value is -3.42. The number of aliphatic hydroxyl groups is 1. The average molecular weight is 512 g/mol. The van der Waals surface area contributed by atoms with Crippen molar-refractivity contribution in [3.05, 3.63) is 131 Å². The van der Waals surface area contributed by atoms with Crippen LogP contribution in [0.1, 0.15) is 45.9 Å². The molecule has 1 fully saturated rings. The van der Waals surface area contributed by atoms with Crippen molar-refractivity contribution in [2.45, 2.75) is 36.4 Å². The molecule has 3 atom stereocenters. The first-order valence-corrected chi connectivity index (χ1v) is 13.3. The molecular formula is C31H29NO4S. The van der Waals surface area contributed by atoms with Crippen molar-refractivity contribution in [3.63, 3.8) is 0 Å². The minimum absolute atomic E-state index is 0.00930. The molecule has 1 saturated heterocycles. The fraction of sp³-hybridized carbons (Fsp3) is 0.194. The minimum atomic E-state index is -0.578. The first-order chi connectivity index (χ1) is 18.2. The van der Waals surface area contributed by atoms with Crippen LogP contribution in [0.5, 0.6) is 0 Å². The van der Waals surface area contributed by atoms with Gasteiger partial charge in [-0.1, -0.05) is 72.8 Å². The van der Waals surface area contributed by atoms with E-state index < -0.39 is 6.29 Å². The van der Waals surface area contributed by atoms with Crippen LogP contribution in [0.4, 0.5) is 5.69 Å². The topological polar surface area (TPSA) is 67.8 Å². The van der Waals surface area contributed by atoms with E-state index in [1.165, 1.54) is 4.90 Å². The molecule has 1 heterocycles. The number of aliphatic hydroxyl groups excluding tert-OH is 1. The van der Waals surface area contributed by atoms with Crippen molar-refractivity contribution in [1.82, 2.24) is 0 Å². The molecule has 1 aliphatic rings. The van der Waals surface area contributed by atoms with Crippen LogP contribution < -0.4 is 5.32 Å². The summed E-state index contributed by atoms with van der Waals surface area (Å²) in [5.74, 6) is 0.627. The monoisotopic (exact) mass is 511 g/mol. The van der Waals surface area contributed by atoms with Crippen LogP contribution in [0.15, 0.2) is 114 Å². The van der Waals surface area contributed by atoms with E-state index in [-0.39, 0.29) is 24.7 Å². The van der Waals surface area contributed by atoms with E-state index in [0.717, 1.165) is 28.9 Å². The molecular weight excluding hydrogens is 482 g/mol. The van der Waals surface area contributed by atoms with E-state index in [9.17, 15) is 9.90 Å². The molecule has 0 aromatic heterocycles. The third kappa shape index (κ3) is 6.67. The smallest absolute Gasteiger partial charge is 0.255 e. The molecule has 6 heteroatoms. The molecule has 188 valence electrons. The average Bonchev–Trinajstić information content (AvgIpc) is 2.97. The van der Waals surface area contributed by atoms with E-state index in [1.807, 2.05) is 84.9 Å². The van der Waals surface area contributed by atoms with Gasteiger partial charge < -0.3 is 19.9 Å². The van der Waals surface area contributed by atoms with Crippen molar-refractivity contribution in [1.29, 1.82) is 0 Å². The summed E-state index contributed by atoms with van der Waals surface area (Å²) in [4.78, 5) is 13.9. The number of rotatable bonds is 8. The number of nitrogens with one attached hydrogen (secondary N) is 1. The number of hydrogen-bond acceptors (Lipinski definition) is 5. The Balaban J connectivity index is 1.35. The number of thioether (sulfide) groups is 1. The Kier molecular flexibility index (Phi) is 8.33. The van der Waals surface area contributed by atoms with Gasteiger partial charge in [0.25, 0.3) is 5.91 Å². The third-order valence-electron chi connectivity index (χ3n) is 6.25. The highest BCUT2D eigenvalue weighted by Crippen LogP contribution is 2.39. The van der Waals surface area contributed by atoms with Gasteiger partial charge in [0.05, 0.1) is 18.8 Å². The molecule has 37 heavy (non-hydrogen) atoms. The molecule has 2 N–H and O–H groups in total. The number of benzene rings is 4. The van der Waals surface area contributed by atoms with E-state index in [4.69, 9.17) is 9.47 Å². The third-order valence-corrected chi connectivity index (χ3v) is 7.39. The summed E-state index contributed by atoms with van der Waals surface area (Å²) in [6, 6.07) is 34.9. The Morgan fingerprint density at radius 3 is 2.30 bits per heavy atom. The van der Waals surface area contributed by atoms with Crippen molar-refractivity contribution in [3.8, 4) is 0 Å². The van der Waals surface area contributed by atoms with Crippen molar-refractivity contribution in [2.75, 3.05) is 11.1 Å². The highest BCUT2D eigenvalue weighted by atomic mass is 32.2. The molecule has 1 aliphatic heterocycles. The lowest BCUT2D eigenvalue weighted by molar-refractivity contribution is -0.245. The Morgan fingerprint density at radius 1 is 0.838 bits per heavy atom. The van der Waals surface area contributed by atoms with Crippen LogP contribution in [0.25, 0.3) is 0 Å². The molecule has 0 saturated carbocycles. The maximum atomic E-state index is 12.7. The second kappa shape index (κ2) is 12.2. The number of amides is 1. The lowest BCUT2D eigenvalue weighted by Gasteiger charge is -2.36. The number of carbonyl (C=O) groups is 1.